The van der Waals surface area contributed by atoms with E-state index in [1.54, 1.807) is 0 Å². The highest BCUT2D eigenvalue weighted by Gasteiger charge is 2.32. The number of carbonyl (C=O) groups is 1. The Morgan fingerprint density at radius 2 is 2.00 bits per heavy atom. The molecule has 4 heteroatoms. The zero-order chi connectivity index (χ0) is 13.9. The summed E-state index contributed by atoms with van der Waals surface area (Å²) >= 11 is 0. The Balaban J connectivity index is 2.60. The molecule has 106 valence electrons. The summed E-state index contributed by atoms with van der Waals surface area (Å²) in [7, 11) is 0. The predicted molar refractivity (Wildman–Crippen MR) is 75.3 cm³/mol. The molecule has 0 aromatic heterocycles. The smallest absolute Gasteiger partial charge is 0.234 e. The van der Waals surface area contributed by atoms with Crippen molar-refractivity contribution in [2.45, 2.75) is 52.6 Å². The molecule has 3 atom stereocenters. The first-order valence-electron chi connectivity index (χ1n) is 6.98. The lowest BCUT2D eigenvalue weighted by atomic mass is 9.85. The van der Waals surface area contributed by atoms with Crippen molar-refractivity contribution in [1.29, 1.82) is 0 Å². The fourth-order valence-electron chi connectivity index (χ4n) is 2.97. The van der Waals surface area contributed by atoms with Gasteiger partial charge in [-0.1, -0.05) is 13.8 Å². The molecule has 1 amide bonds. The second-order valence-electron chi connectivity index (χ2n) is 6.85. The van der Waals surface area contributed by atoms with Gasteiger partial charge in [-0.3, -0.25) is 9.69 Å². The Morgan fingerprint density at radius 3 is 2.50 bits per heavy atom. The van der Waals surface area contributed by atoms with E-state index in [1.165, 1.54) is 6.42 Å². The highest BCUT2D eigenvalue weighted by atomic mass is 16.2. The van der Waals surface area contributed by atoms with Crippen molar-refractivity contribution < 1.29 is 4.79 Å². The van der Waals surface area contributed by atoms with Crippen LogP contribution in [0.15, 0.2) is 0 Å². The van der Waals surface area contributed by atoms with E-state index in [2.05, 4.69) is 24.1 Å². The minimum absolute atomic E-state index is 0.0993. The molecule has 0 spiro atoms. The number of nitrogens with two attached hydrogens (primary N) is 1. The van der Waals surface area contributed by atoms with Gasteiger partial charge in [-0.2, -0.15) is 0 Å². The lowest BCUT2D eigenvalue weighted by Crippen LogP contribution is -2.55. The summed E-state index contributed by atoms with van der Waals surface area (Å²) in [6.07, 6.45) is 1.21. The fourth-order valence-corrected chi connectivity index (χ4v) is 2.97. The maximum Gasteiger partial charge on any atom is 0.234 e. The molecule has 3 unspecified atom stereocenters. The number of amides is 1. The molecule has 0 aromatic carbocycles. The normalized spacial score (nSPS) is 30.2. The third-order valence-electron chi connectivity index (χ3n) is 3.55. The minimum Gasteiger partial charge on any atom is -0.350 e. The number of piperidine rings is 1. The van der Waals surface area contributed by atoms with Crippen molar-refractivity contribution in [2.24, 2.45) is 17.6 Å². The largest absolute Gasteiger partial charge is 0.350 e. The van der Waals surface area contributed by atoms with Crippen molar-refractivity contribution >= 4 is 5.91 Å². The first kappa shape index (κ1) is 15.4. The summed E-state index contributed by atoms with van der Waals surface area (Å²) < 4.78 is 0. The molecule has 4 nitrogen and oxygen atoms in total. The molecule has 1 fully saturated rings. The summed E-state index contributed by atoms with van der Waals surface area (Å²) in [5, 5.41) is 3.02. The summed E-state index contributed by atoms with van der Waals surface area (Å²) in [6.45, 7) is 12.6. The third-order valence-corrected chi connectivity index (χ3v) is 3.55. The fraction of sp³-hybridized carbons (Fsp3) is 0.929. The van der Waals surface area contributed by atoms with Crippen LogP contribution < -0.4 is 11.1 Å². The minimum atomic E-state index is -0.164. The van der Waals surface area contributed by atoms with Crippen molar-refractivity contribution in [3.05, 3.63) is 0 Å². The number of rotatable bonds is 3. The van der Waals surface area contributed by atoms with E-state index in [-0.39, 0.29) is 11.4 Å². The molecule has 1 heterocycles. The number of hydrogen-bond donors (Lipinski definition) is 2. The van der Waals surface area contributed by atoms with E-state index >= 15 is 0 Å². The van der Waals surface area contributed by atoms with Crippen LogP contribution in [0.4, 0.5) is 0 Å². The van der Waals surface area contributed by atoms with E-state index in [0.717, 1.165) is 6.54 Å². The van der Waals surface area contributed by atoms with Crippen molar-refractivity contribution in [1.82, 2.24) is 10.2 Å². The molecule has 1 saturated heterocycles. The molecule has 1 rings (SSSR count). The molecule has 0 aliphatic carbocycles. The molecule has 18 heavy (non-hydrogen) atoms. The van der Waals surface area contributed by atoms with Gasteiger partial charge in [0.15, 0.2) is 0 Å². The maximum atomic E-state index is 12.0. The summed E-state index contributed by atoms with van der Waals surface area (Å²) in [5.41, 5.74) is 5.69. The standard InChI is InChI=1S/C14H29N3O/c1-10-6-11(2)12(7-15)17(8-10)9-13(18)16-14(3,4)5/h10-12H,6-9,15H2,1-5H3,(H,16,18). The van der Waals surface area contributed by atoms with Gasteiger partial charge in [-0.05, 0) is 39.0 Å². The zero-order valence-electron chi connectivity index (χ0n) is 12.5. The SMILES string of the molecule is CC1CC(C)C(CN)N(CC(=O)NC(C)(C)C)C1. The van der Waals surface area contributed by atoms with Gasteiger partial charge >= 0.3 is 0 Å². The second-order valence-corrected chi connectivity index (χ2v) is 6.85. The van der Waals surface area contributed by atoms with Crippen molar-refractivity contribution in [2.75, 3.05) is 19.6 Å². The molecule has 0 radical (unpaired) electrons. The molecular weight excluding hydrogens is 226 g/mol. The Labute approximate surface area is 111 Å². The molecule has 0 bridgehead atoms. The van der Waals surface area contributed by atoms with E-state index in [0.29, 0.717) is 31.0 Å². The zero-order valence-corrected chi connectivity index (χ0v) is 12.5. The van der Waals surface area contributed by atoms with Gasteiger partial charge in [0.25, 0.3) is 0 Å². The predicted octanol–water partition coefficient (Wildman–Crippen LogP) is 1.21. The average Bonchev–Trinajstić information content (AvgIpc) is 2.13. The van der Waals surface area contributed by atoms with Crippen LogP contribution in [0.5, 0.6) is 0 Å². The molecule has 0 aromatic rings. The Morgan fingerprint density at radius 1 is 1.39 bits per heavy atom. The third kappa shape index (κ3) is 4.58. The first-order chi connectivity index (χ1) is 8.23. The van der Waals surface area contributed by atoms with Crippen LogP contribution >= 0.6 is 0 Å². The highest BCUT2D eigenvalue weighted by molar-refractivity contribution is 5.78. The van der Waals surface area contributed by atoms with Gasteiger partial charge in [0.05, 0.1) is 6.54 Å². The maximum absolute atomic E-state index is 12.0. The molecule has 1 aliphatic heterocycles. The monoisotopic (exact) mass is 255 g/mol. The molecular formula is C14H29N3O. The van der Waals surface area contributed by atoms with E-state index in [1.807, 2.05) is 20.8 Å². The topological polar surface area (TPSA) is 58.4 Å². The molecule has 0 saturated carbocycles. The van der Waals surface area contributed by atoms with E-state index in [4.69, 9.17) is 5.73 Å². The highest BCUT2D eigenvalue weighted by Crippen LogP contribution is 2.26. The summed E-state index contributed by atoms with van der Waals surface area (Å²) in [6, 6.07) is 0.340. The van der Waals surface area contributed by atoms with E-state index < -0.39 is 0 Å². The number of nitrogens with one attached hydrogen (secondary N) is 1. The quantitative estimate of drug-likeness (QED) is 0.797. The Kier molecular flexibility index (Phi) is 5.17. The molecule has 3 N–H and O–H groups in total. The second kappa shape index (κ2) is 6.02. The van der Waals surface area contributed by atoms with Crippen LogP contribution in [0.1, 0.15) is 41.0 Å². The van der Waals surface area contributed by atoms with Crippen LogP contribution in [0.25, 0.3) is 0 Å². The lowest BCUT2D eigenvalue weighted by molar-refractivity contribution is -0.125. The van der Waals surface area contributed by atoms with Gasteiger partial charge < -0.3 is 11.1 Å². The Hall–Kier alpha value is -0.610. The average molecular weight is 255 g/mol. The van der Waals surface area contributed by atoms with Gasteiger partial charge in [-0.15, -0.1) is 0 Å². The molecule has 1 aliphatic rings. The van der Waals surface area contributed by atoms with E-state index in [9.17, 15) is 4.79 Å². The van der Waals surface area contributed by atoms with Gasteiger partial charge in [0, 0.05) is 24.7 Å². The summed E-state index contributed by atoms with van der Waals surface area (Å²) in [5.74, 6) is 1.31. The van der Waals surface area contributed by atoms with Gasteiger partial charge in [0.2, 0.25) is 5.91 Å². The number of likely N-dealkylation sites (tertiary alicyclic amines) is 1. The van der Waals surface area contributed by atoms with Gasteiger partial charge in [-0.25, -0.2) is 0 Å². The number of hydrogen-bond acceptors (Lipinski definition) is 3. The van der Waals surface area contributed by atoms with Crippen LogP contribution in [0.2, 0.25) is 0 Å². The van der Waals surface area contributed by atoms with Crippen LogP contribution in [0.3, 0.4) is 0 Å². The summed E-state index contributed by atoms with van der Waals surface area (Å²) in [4.78, 5) is 14.3. The first-order valence-corrected chi connectivity index (χ1v) is 6.98. The number of carbonyl (C=O) groups excluding carboxylic acids is 1. The Bertz CT molecular complexity index is 285. The van der Waals surface area contributed by atoms with Gasteiger partial charge in [0.1, 0.15) is 0 Å². The number of nitrogens with zero attached hydrogens (tertiary/aromatic N) is 1. The van der Waals surface area contributed by atoms with Crippen molar-refractivity contribution in [3.8, 4) is 0 Å². The lowest BCUT2D eigenvalue weighted by Gasteiger charge is -2.42. The van der Waals surface area contributed by atoms with Crippen LogP contribution in [-0.4, -0.2) is 42.0 Å². The van der Waals surface area contributed by atoms with Crippen LogP contribution in [-0.2, 0) is 4.79 Å². The van der Waals surface area contributed by atoms with Crippen molar-refractivity contribution in [3.63, 3.8) is 0 Å². The van der Waals surface area contributed by atoms with Crippen LogP contribution in [0, 0.1) is 11.8 Å².